The lowest BCUT2D eigenvalue weighted by Crippen LogP contribution is -2.24. The Labute approximate surface area is 152 Å². The van der Waals surface area contributed by atoms with Crippen molar-refractivity contribution in [3.8, 4) is 0 Å². The van der Waals surface area contributed by atoms with E-state index in [1.807, 2.05) is 12.1 Å². The van der Waals surface area contributed by atoms with E-state index < -0.39 is 0 Å². The van der Waals surface area contributed by atoms with Gasteiger partial charge in [0.15, 0.2) is 0 Å². The van der Waals surface area contributed by atoms with Gasteiger partial charge in [0.1, 0.15) is 11.5 Å². The average Bonchev–Trinajstić information content (AvgIpc) is 2.68. The van der Waals surface area contributed by atoms with Gasteiger partial charge in [-0.25, -0.2) is 9.37 Å². The van der Waals surface area contributed by atoms with Gasteiger partial charge in [-0.05, 0) is 42.3 Å². The molecule has 0 unspecified atom stereocenters. The van der Waals surface area contributed by atoms with Crippen LogP contribution in [0.15, 0.2) is 66.9 Å². The molecule has 4 nitrogen and oxygen atoms in total. The molecular weight excluding hydrogens is 329 g/mol. The van der Waals surface area contributed by atoms with Gasteiger partial charge in [0.25, 0.3) is 5.91 Å². The smallest absolute Gasteiger partial charge is 0.270 e. The van der Waals surface area contributed by atoms with E-state index in [1.54, 1.807) is 36.5 Å². The molecule has 0 fully saturated rings. The SMILES string of the molecule is CCc1ccc(Nc2ccc(C(=O)NCc3ccccc3F)nc2)cc1. The van der Waals surface area contributed by atoms with Crippen LogP contribution in [0.3, 0.4) is 0 Å². The Morgan fingerprint density at radius 1 is 1.00 bits per heavy atom. The summed E-state index contributed by atoms with van der Waals surface area (Å²) in [4.78, 5) is 16.3. The summed E-state index contributed by atoms with van der Waals surface area (Å²) >= 11 is 0. The van der Waals surface area contributed by atoms with Crippen molar-refractivity contribution < 1.29 is 9.18 Å². The van der Waals surface area contributed by atoms with Crippen LogP contribution in [0.1, 0.15) is 28.5 Å². The second-order valence-electron chi connectivity index (χ2n) is 5.88. The van der Waals surface area contributed by atoms with Crippen LogP contribution >= 0.6 is 0 Å². The minimum absolute atomic E-state index is 0.122. The molecule has 0 aliphatic heterocycles. The van der Waals surface area contributed by atoms with Crippen LogP contribution in [0.5, 0.6) is 0 Å². The van der Waals surface area contributed by atoms with Crippen molar-refractivity contribution in [1.29, 1.82) is 0 Å². The monoisotopic (exact) mass is 349 g/mol. The molecule has 132 valence electrons. The Bertz CT molecular complexity index is 877. The third-order valence-electron chi connectivity index (χ3n) is 4.04. The number of halogens is 1. The molecule has 0 saturated carbocycles. The lowest BCUT2D eigenvalue weighted by molar-refractivity contribution is 0.0945. The Hall–Kier alpha value is -3.21. The number of hydrogen-bond donors (Lipinski definition) is 2. The van der Waals surface area contributed by atoms with Gasteiger partial charge in [-0.2, -0.15) is 0 Å². The second-order valence-corrected chi connectivity index (χ2v) is 5.88. The predicted octanol–water partition coefficient (Wildman–Crippen LogP) is 4.46. The maximum Gasteiger partial charge on any atom is 0.270 e. The molecule has 3 rings (SSSR count). The van der Waals surface area contributed by atoms with E-state index in [-0.39, 0.29) is 24.0 Å². The zero-order valence-electron chi connectivity index (χ0n) is 14.5. The summed E-state index contributed by atoms with van der Waals surface area (Å²) in [6.07, 6.45) is 2.60. The van der Waals surface area contributed by atoms with Crippen LogP contribution in [0.2, 0.25) is 0 Å². The molecule has 1 aromatic heterocycles. The van der Waals surface area contributed by atoms with E-state index in [9.17, 15) is 9.18 Å². The second kappa shape index (κ2) is 8.25. The van der Waals surface area contributed by atoms with Gasteiger partial charge in [0.05, 0.1) is 11.9 Å². The van der Waals surface area contributed by atoms with Crippen molar-refractivity contribution in [2.45, 2.75) is 19.9 Å². The van der Waals surface area contributed by atoms with E-state index in [0.717, 1.165) is 17.8 Å². The van der Waals surface area contributed by atoms with Gasteiger partial charge in [-0.1, -0.05) is 37.3 Å². The predicted molar refractivity (Wildman–Crippen MR) is 101 cm³/mol. The fourth-order valence-corrected chi connectivity index (χ4v) is 2.50. The van der Waals surface area contributed by atoms with Gasteiger partial charge >= 0.3 is 0 Å². The summed E-state index contributed by atoms with van der Waals surface area (Å²) < 4.78 is 13.6. The Morgan fingerprint density at radius 2 is 1.73 bits per heavy atom. The molecular formula is C21H20FN3O. The average molecular weight is 349 g/mol. The Balaban J connectivity index is 1.59. The van der Waals surface area contributed by atoms with Gasteiger partial charge < -0.3 is 10.6 Å². The molecule has 0 radical (unpaired) electrons. The maximum atomic E-state index is 13.6. The molecule has 26 heavy (non-hydrogen) atoms. The molecule has 0 aliphatic rings. The number of rotatable bonds is 6. The Morgan fingerprint density at radius 3 is 2.38 bits per heavy atom. The first-order chi connectivity index (χ1) is 12.7. The number of carbonyl (C=O) groups excluding carboxylic acids is 1. The van der Waals surface area contributed by atoms with Crippen LogP contribution in [-0.2, 0) is 13.0 Å². The summed E-state index contributed by atoms with van der Waals surface area (Å²) in [5, 5.41) is 5.92. The largest absolute Gasteiger partial charge is 0.354 e. The zero-order valence-corrected chi connectivity index (χ0v) is 14.5. The normalized spacial score (nSPS) is 10.4. The number of carbonyl (C=O) groups is 1. The highest BCUT2D eigenvalue weighted by Gasteiger charge is 2.08. The number of benzene rings is 2. The minimum Gasteiger partial charge on any atom is -0.354 e. The highest BCUT2D eigenvalue weighted by atomic mass is 19.1. The first kappa shape index (κ1) is 17.6. The van der Waals surface area contributed by atoms with Crippen LogP contribution in [0, 0.1) is 5.82 Å². The molecule has 0 aliphatic carbocycles. The highest BCUT2D eigenvalue weighted by Crippen LogP contribution is 2.17. The summed E-state index contributed by atoms with van der Waals surface area (Å²) in [5.74, 6) is -0.679. The molecule has 0 spiro atoms. The van der Waals surface area contributed by atoms with Crippen molar-refractivity contribution in [1.82, 2.24) is 10.3 Å². The lowest BCUT2D eigenvalue weighted by atomic mass is 10.1. The lowest BCUT2D eigenvalue weighted by Gasteiger charge is -2.08. The molecule has 0 saturated heterocycles. The van der Waals surface area contributed by atoms with Gasteiger partial charge in [0.2, 0.25) is 0 Å². The van der Waals surface area contributed by atoms with Gasteiger partial charge in [-0.3, -0.25) is 4.79 Å². The topological polar surface area (TPSA) is 54.0 Å². The first-order valence-corrected chi connectivity index (χ1v) is 8.49. The van der Waals surface area contributed by atoms with Crippen LogP contribution < -0.4 is 10.6 Å². The minimum atomic E-state index is -0.341. The number of pyridine rings is 1. The summed E-state index contributed by atoms with van der Waals surface area (Å²) in [6.45, 7) is 2.24. The third kappa shape index (κ3) is 4.45. The summed E-state index contributed by atoms with van der Waals surface area (Å²) in [6, 6.07) is 17.9. The van der Waals surface area contributed by atoms with Crippen molar-refractivity contribution in [3.05, 3.63) is 89.5 Å². The number of nitrogens with zero attached hydrogens (tertiary/aromatic N) is 1. The third-order valence-corrected chi connectivity index (χ3v) is 4.04. The fraction of sp³-hybridized carbons (Fsp3) is 0.143. The van der Waals surface area contributed by atoms with Crippen molar-refractivity contribution in [2.75, 3.05) is 5.32 Å². The van der Waals surface area contributed by atoms with Gasteiger partial charge in [-0.15, -0.1) is 0 Å². The zero-order chi connectivity index (χ0) is 18.4. The fourth-order valence-electron chi connectivity index (χ4n) is 2.50. The summed E-state index contributed by atoms with van der Waals surface area (Å²) in [7, 11) is 0. The number of hydrogen-bond acceptors (Lipinski definition) is 3. The van der Waals surface area contributed by atoms with E-state index >= 15 is 0 Å². The standard InChI is InChI=1S/C21H20FN3O/c1-2-15-7-9-17(10-8-15)25-18-11-12-20(23-14-18)21(26)24-13-16-5-3-4-6-19(16)22/h3-12,14,25H,2,13H2,1H3,(H,24,26). The van der Waals surface area contributed by atoms with E-state index in [4.69, 9.17) is 0 Å². The summed E-state index contributed by atoms with van der Waals surface area (Å²) in [5.41, 5.74) is 3.75. The quantitative estimate of drug-likeness (QED) is 0.691. The van der Waals surface area contributed by atoms with E-state index in [0.29, 0.717) is 5.56 Å². The molecule has 3 aromatic rings. The van der Waals surface area contributed by atoms with Crippen LogP contribution in [0.25, 0.3) is 0 Å². The molecule has 1 heterocycles. The molecule has 2 N–H and O–H groups in total. The van der Waals surface area contributed by atoms with Crippen molar-refractivity contribution >= 4 is 17.3 Å². The number of aryl methyl sites for hydroxylation is 1. The Kier molecular flexibility index (Phi) is 5.59. The number of anilines is 2. The van der Waals surface area contributed by atoms with Crippen molar-refractivity contribution in [3.63, 3.8) is 0 Å². The molecule has 0 bridgehead atoms. The maximum absolute atomic E-state index is 13.6. The number of nitrogens with one attached hydrogen (secondary N) is 2. The van der Waals surface area contributed by atoms with Gasteiger partial charge in [0, 0.05) is 17.8 Å². The number of amides is 1. The molecule has 0 atom stereocenters. The van der Waals surface area contributed by atoms with Crippen LogP contribution in [0.4, 0.5) is 15.8 Å². The van der Waals surface area contributed by atoms with Crippen molar-refractivity contribution in [2.24, 2.45) is 0 Å². The molecule has 2 aromatic carbocycles. The molecule has 1 amide bonds. The first-order valence-electron chi connectivity index (χ1n) is 8.49. The van der Waals surface area contributed by atoms with E-state index in [2.05, 4.69) is 34.7 Å². The van der Waals surface area contributed by atoms with E-state index in [1.165, 1.54) is 11.6 Å². The van der Waals surface area contributed by atoms with Crippen LogP contribution in [-0.4, -0.2) is 10.9 Å². The molecule has 5 heteroatoms. The highest BCUT2D eigenvalue weighted by molar-refractivity contribution is 5.92. The number of aromatic nitrogens is 1.